The third kappa shape index (κ3) is 3.46. The summed E-state index contributed by atoms with van der Waals surface area (Å²) in [5, 5.41) is 10.9. The van der Waals surface area contributed by atoms with Gasteiger partial charge in [0, 0.05) is 12.2 Å². The van der Waals surface area contributed by atoms with E-state index in [4.69, 9.17) is 11.6 Å². The zero-order valence-corrected chi connectivity index (χ0v) is 12.8. The second kappa shape index (κ2) is 6.46. The standard InChI is InChI=1S/C17H17ClN2O2/c18-13-6-9-15(19-10-13)17(22)20(14-7-8-14)11-16(21)12-4-2-1-3-5-12/h1-6,9-10,14,16,21H,7-8,11H2/t16-/m1/s1. The Hall–Kier alpha value is -1.91. The molecule has 3 rings (SSSR count). The van der Waals surface area contributed by atoms with Crippen molar-refractivity contribution in [2.45, 2.75) is 25.0 Å². The number of hydrogen-bond acceptors (Lipinski definition) is 3. The average molecular weight is 317 g/mol. The fraction of sp³-hybridized carbons (Fsp3) is 0.294. The van der Waals surface area contributed by atoms with E-state index in [-0.39, 0.29) is 18.5 Å². The van der Waals surface area contributed by atoms with Crippen LogP contribution < -0.4 is 0 Å². The summed E-state index contributed by atoms with van der Waals surface area (Å²) in [6.45, 7) is 0.276. The molecule has 114 valence electrons. The molecule has 1 aliphatic rings. The zero-order chi connectivity index (χ0) is 15.5. The van der Waals surface area contributed by atoms with Crippen LogP contribution in [0.25, 0.3) is 0 Å². The van der Waals surface area contributed by atoms with Crippen molar-refractivity contribution in [2.75, 3.05) is 6.54 Å². The first kappa shape index (κ1) is 15.0. The first-order chi connectivity index (χ1) is 10.6. The van der Waals surface area contributed by atoms with Gasteiger partial charge in [0.1, 0.15) is 5.69 Å². The molecule has 0 unspecified atom stereocenters. The van der Waals surface area contributed by atoms with Crippen molar-refractivity contribution >= 4 is 17.5 Å². The number of amides is 1. The number of carbonyl (C=O) groups excluding carboxylic acids is 1. The Labute approximate surface area is 134 Å². The second-order valence-corrected chi connectivity index (χ2v) is 5.91. The molecule has 0 aliphatic heterocycles. The highest BCUT2D eigenvalue weighted by molar-refractivity contribution is 6.30. The molecule has 1 aromatic heterocycles. The normalized spacial score (nSPS) is 15.4. The monoisotopic (exact) mass is 316 g/mol. The largest absolute Gasteiger partial charge is 0.387 e. The molecular formula is C17H17ClN2O2. The van der Waals surface area contributed by atoms with E-state index >= 15 is 0 Å². The van der Waals surface area contributed by atoms with Crippen LogP contribution in [0, 0.1) is 0 Å². The topological polar surface area (TPSA) is 53.4 Å². The lowest BCUT2D eigenvalue weighted by molar-refractivity contribution is 0.0598. The number of pyridine rings is 1. The third-order valence-electron chi connectivity index (χ3n) is 3.75. The van der Waals surface area contributed by atoms with Crippen molar-refractivity contribution in [3.05, 3.63) is 64.9 Å². The number of aromatic nitrogens is 1. The Morgan fingerprint density at radius 3 is 2.59 bits per heavy atom. The van der Waals surface area contributed by atoms with Crippen LogP contribution in [0.5, 0.6) is 0 Å². The van der Waals surface area contributed by atoms with Crippen LogP contribution in [0.2, 0.25) is 5.02 Å². The summed E-state index contributed by atoms with van der Waals surface area (Å²) in [5.74, 6) is -0.158. The van der Waals surface area contributed by atoms with Crippen LogP contribution in [0.15, 0.2) is 48.7 Å². The maximum Gasteiger partial charge on any atom is 0.272 e. The van der Waals surface area contributed by atoms with E-state index in [2.05, 4.69) is 4.98 Å². The summed E-state index contributed by atoms with van der Waals surface area (Å²) in [6, 6.07) is 12.9. The molecule has 0 spiro atoms. The lowest BCUT2D eigenvalue weighted by Crippen LogP contribution is -2.37. The molecule has 2 aromatic rings. The Balaban J connectivity index is 1.75. The summed E-state index contributed by atoms with van der Waals surface area (Å²) in [5.41, 5.74) is 1.17. The summed E-state index contributed by atoms with van der Waals surface area (Å²) in [7, 11) is 0. The van der Waals surface area contributed by atoms with Crippen molar-refractivity contribution in [1.29, 1.82) is 0 Å². The van der Waals surface area contributed by atoms with Crippen LogP contribution >= 0.6 is 11.6 Å². The minimum absolute atomic E-state index is 0.158. The third-order valence-corrected chi connectivity index (χ3v) is 3.97. The number of hydrogen-bond donors (Lipinski definition) is 1. The molecule has 22 heavy (non-hydrogen) atoms. The van der Waals surface area contributed by atoms with Crippen LogP contribution in [0.1, 0.15) is 35.0 Å². The maximum atomic E-state index is 12.6. The highest BCUT2D eigenvalue weighted by Gasteiger charge is 2.34. The van der Waals surface area contributed by atoms with Gasteiger partial charge >= 0.3 is 0 Å². The lowest BCUT2D eigenvalue weighted by Gasteiger charge is -2.25. The molecule has 1 atom stereocenters. The van der Waals surface area contributed by atoms with Gasteiger partial charge in [-0.3, -0.25) is 4.79 Å². The van der Waals surface area contributed by atoms with Gasteiger partial charge in [-0.25, -0.2) is 4.98 Å². The summed E-state index contributed by atoms with van der Waals surface area (Å²) in [4.78, 5) is 18.4. The van der Waals surface area contributed by atoms with Crippen molar-refractivity contribution < 1.29 is 9.90 Å². The number of aliphatic hydroxyl groups is 1. The smallest absolute Gasteiger partial charge is 0.272 e. The van der Waals surface area contributed by atoms with E-state index in [0.29, 0.717) is 10.7 Å². The molecule has 0 saturated heterocycles. The van der Waals surface area contributed by atoms with E-state index in [1.54, 1.807) is 17.0 Å². The summed E-state index contributed by atoms with van der Waals surface area (Å²) < 4.78 is 0. The van der Waals surface area contributed by atoms with E-state index in [0.717, 1.165) is 18.4 Å². The first-order valence-corrected chi connectivity index (χ1v) is 7.68. The second-order valence-electron chi connectivity index (χ2n) is 5.48. The predicted molar refractivity (Wildman–Crippen MR) is 84.7 cm³/mol. The number of carbonyl (C=O) groups is 1. The van der Waals surface area contributed by atoms with E-state index in [1.807, 2.05) is 30.3 Å². The number of nitrogens with zero attached hydrogens (tertiary/aromatic N) is 2. The predicted octanol–water partition coefficient (Wildman–Crippen LogP) is 3.07. The van der Waals surface area contributed by atoms with E-state index in [9.17, 15) is 9.90 Å². The van der Waals surface area contributed by atoms with Gasteiger partial charge in [0.05, 0.1) is 17.7 Å². The molecule has 1 amide bonds. The van der Waals surface area contributed by atoms with Crippen LogP contribution in [-0.2, 0) is 0 Å². The minimum Gasteiger partial charge on any atom is -0.387 e. The van der Waals surface area contributed by atoms with Crippen molar-refractivity contribution in [3.8, 4) is 0 Å². The van der Waals surface area contributed by atoms with Gasteiger partial charge in [-0.1, -0.05) is 41.9 Å². The van der Waals surface area contributed by atoms with Gasteiger partial charge in [0.15, 0.2) is 0 Å². The number of rotatable bonds is 5. The van der Waals surface area contributed by atoms with Crippen LogP contribution in [0.3, 0.4) is 0 Å². The molecule has 1 aromatic carbocycles. The number of halogens is 1. The lowest BCUT2D eigenvalue weighted by atomic mass is 10.1. The van der Waals surface area contributed by atoms with E-state index in [1.165, 1.54) is 6.20 Å². The first-order valence-electron chi connectivity index (χ1n) is 7.30. The summed E-state index contributed by atoms with van der Waals surface area (Å²) in [6.07, 6.45) is 2.72. The maximum absolute atomic E-state index is 12.6. The number of aliphatic hydroxyl groups excluding tert-OH is 1. The molecule has 5 heteroatoms. The molecule has 1 fully saturated rings. The number of benzene rings is 1. The zero-order valence-electron chi connectivity index (χ0n) is 12.0. The molecular weight excluding hydrogens is 300 g/mol. The van der Waals surface area contributed by atoms with Crippen molar-refractivity contribution in [3.63, 3.8) is 0 Å². The molecule has 0 radical (unpaired) electrons. The minimum atomic E-state index is -0.696. The van der Waals surface area contributed by atoms with Gasteiger partial charge in [-0.05, 0) is 30.5 Å². The van der Waals surface area contributed by atoms with Crippen LogP contribution in [0.4, 0.5) is 0 Å². The Kier molecular flexibility index (Phi) is 4.41. The van der Waals surface area contributed by atoms with Gasteiger partial charge in [-0.2, -0.15) is 0 Å². The average Bonchev–Trinajstić information content (AvgIpc) is 3.38. The summed E-state index contributed by atoms with van der Waals surface area (Å²) >= 11 is 5.81. The fourth-order valence-electron chi connectivity index (χ4n) is 2.40. The Morgan fingerprint density at radius 2 is 2.00 bits per heavy atom. The van der Waals surface area contributed by atoms with Crippen molar-refractivity contribution in [1.82, 2.24) is 9.88 Å². The SMILES string of the molecule is O=C(c1ccc(Cl)cn1)N(C[C@@H](O)c1ccccc1)C1CC1. The van der Waals surface area contributed by atoms with Gasteiger partial charge in [0.25, 0.3) is 5.91 Å². The van der Waals surface area contributed by atoms with Gasteiger partial charge in [-0.15, -0.1) is 0 Å². The van der Waals surface area contributed by atoms with Gasteiger partial charge < -0.3 is 10.0 Å². The fourth-order valence-corrected chi connectivity index (χ4v) is 2.51. The molecule has 1 heterocycles. The molecule has 0 bridgehead atoms. The highest BCUT2D eigenvalue weighted by Crippen LogP contribution is 2.30. The molecule has 1 saturated carbocycles. The highest BCUT2D eigenvalue weighted by atomic mass is 35.5. The Morgan fingerprint density at radius 1 is 1.27 bits per heavy atom. The quantitative estimate of drug-likeness (QED) is 0.922. The molecule has 1 N–H and O–H groups in total. The van der Waals surface area contributed by atoms with Gasteiger partial charge in [0.2, 0.25) is 0 Å². The van der Waals surface area contributed by atoms with Crippen molar-refractivity contribution in [2.24, 2.45) is 0 Å². The van der Waals surface area contributed by atoms with Crippen LogP contribution in [-0.4, -0.2) is 33.5 Å². The Bertz CT molecular complexity index is 641. The van der Waals surface area contributed by atoms with E-state index < -0.39 is 6.10 Å². The molecule has 1 aliphatic carbocycles. The molecule has 4 nitrogen and oxygen atoms in total.